The molecule has 20 heavy (non-hydrogen) atoms. The van der Waals surface area contributed by atoms with Crippen LogP contribution in [0, 0.1) is 5.41 Å². The van der Waals surface area contributed by atoms with Crippen molar-refractivity contribution in [2.45, 2.75) is 66.3 Å². The topological polar surface area (TPSA) is 20.3 Å². The highest BCUT2D eigenvalue weighted by Gasteiger charge is 2.49. The van der Waals surface area contributed by atoms with Gasteiger partial charge in [-0.3, -0.25) is 4.79 Å². The molecular weight excluding hydrogens is 246 g/mol. The zero-order chi connectivity index (χ0) is 15.6. The molecule has 1 unspecified atom stereocenters. The van der Waals surface area contributed by atoms with E-state index < -0.39 is 0 Å². The van der Waals surface area contributed by atoms with Gasteiger partial charge in [-0.25, -0.2) is 0 Å². The first-order valence-electron chi connectivity index (χ1n) is 7.41. The highest BCUT2D eigenvalue weighted by molar-refractivity contribution is 5.57. The van der Waals surface area contributed by atoms with Crippen molar-refractivity contribution in [3.63, 3.8) is 0 Å². The van der Waals surface area contributed by atoms with E-state index in [1.807, 2.05) is 24.0 Å². The number of hydrogen-bond acceptors (Lipinski definition) is 1. The minimum absolute atomic E-state index is 0.118. The average Bonchev–Trinajstić information content (AvgIpc) is 2.58. The second-order valence-corrected chi connectivity index (χ2v) is 7.06. The van der Waals surface area contributed by atoms with Crippen LogP contribution in [0.4, 0.5) is 0 Å². The molecule has 1 aliphatic carbocycles. The number of nitrogens with zero attached hydrogens (tertiary/aromatic N) is 1. The Morgan fingerprint density at radius 3 is 2.05 bits per heavy atom. The van der Waals surface area contributed by atoms with Crippen molar-refractivity contribution >= 4 is 6.41 Å². The van der Waals surface area contributed by atoms with Crippen LogP contribution < -0.4 is 0 Å². The summed E-state index contributed by atoms with van der Waals surface area (Å²) < 4.78 is 0. The summed E-state index contributed by atoms with van der Waals surface area (Å²) in [7, 11) is 0. The van der Waals surface area contributed by atoms with Crippen LogP contribution in [0.5, 0.6) is 0 Å². The molecule has 0 aromatic rings. The number of allylic oxidation sites excluding steroid dienone is 4. The fraction of sp³-hybridized carbons (Fsp3) is 0.611. The lowest BCUT2D eigenvalue weighted by molar-refractivity contribution is -0.123. The molecule has 0 radical (unpaired) electrons. The van der Waals surface area contributed by atoms with Crippen molar-refractivity contribution in [1.82, 2.24) is 4.90 Å². The van der Waals surface area contributed by atoms with Gasteiger partial charge in [-0.2, -0.15) is 0 Å². The minimum atomic E-state index is -0.144. The number of amides is 1. The van der Waals surface area contributed by atoms with Gasteiger partial charge in [0.05, 0.1) is 0 Å². The van der Waals surface area contributed by atoms with Crippen molar-refractivity contribution in [2.24, 2.45) is 5.41 Å². The van der Waals surface area contributed by atoms with E-state index in [9.17, 15) is 4.79 Å². The van der Waals surface area contributed by atoms with Gasteiger partial charge < -0.3 is 4.90 Å². The summed E-state index contributed by atoms with van der Waals surface area (Å²) in [6.45, 7) is 16.8. The van der Waals surface area contributed by atoms with Gasteiger partial charge in [-0.1, -0.05) is 38.5 Å². The van der Waals surface area contributed by atoms with Crippen LogP contribution in [0.2, 0.25) is 0 Å². The summed E-state index contributed by atoms with van der Waals surface area (Å²) >= 11 is 0. The predicted molar refractivity (Wildman–Crippen MR) is 86.3 cm³/mol. The van der Waals surface area contributed by atoms with Gasteiger partial charge >= 0.3 is 0 Å². The minimum Gasteiger partial charge on any atom is -0.308 e. The van der Waals surface area contributed by atoms with Gasteiger partial charge in [0.15, 0.2) is 0 Å². The fourth-order valence-corrected chi connectivity index (χ4v) is 3.04. The summed E-state index contributed by atoms with van der Waals surface area (Å²) in [6.07, 6.45) is 8.40. The fourth-order valence-electron chi connectivity index (χ4n) is 3.04. The maximum atomic E-state index is 11.8. The van der Waals surface area contributed by atoms with Gasteiger partial charge in [0, 0.05) is 11.2 Å². The van der Waals surface area contributed by atoms with Gasteiger partial charge in [-0.05, 0) is 57.6 Å². The molecule has 2 heteroatoms. The highest BCUT2D eigenvalue weighted by Crippen LogP contribution is 2.50. The molecule has 0 spiro atoms. The smallest absolute Gasteiger partial charge is 0.214 e. The number of carbonyl (C=O) groups is 1. The Hall–Kier alpha value is -1.31. The molecule has 1 amide bonds. The first-order valence-corrected chi connectivity index (χ1v) is 7.41. The first kappa shape index (κ1) is 16.7. The third-order valence-corrected chi connectivity index (χ3v) is 4.83. The quantitative estimate of drug-likeness (QED) is 0.519. The largest absolute Gasteiger partial charge is 0.308 e. The molecule has 0 bridgehead atoms. The van der Waals surface area contributed by atoms with E-state index in [0.717, 1.165) is 30.5 Å². The maximum Gasteiger partial charge on any atom is 0.214 e. The van der Waals surface area contributed by atoms with Gasteiger partial charge in [0.2, 0.25) is 6.41 Å². The zero-order valence-electron chi connectivity index (χ0n) is 13.9. The molecule has 0 N–H and O–H groups in total. The van der Waals surface area contributed by atoms with Crippen molar-refractivity contribution in [1.29, 1.82) is 0 Å². The van der Waals surface area contributed by atoms with E-state index in [0.29, 0.717) is 0 Å². The third-order valence-electron chi connectivity index (χ3n) is 4.83. The standard InChI is InChI=1S/C18H29NO/c1-14(2)9-10-16(15(3)4)19(13-20)18(7)12-8-11-17(18,5)6/h9-10,13H,3,8,11-12H2,1-2,4-7H3/b16-10-. The summed E-state index contributed by atoms with van der Waals surface area (Å²) in [4.78, 5) is 13.7. The molecule has 112 valence electrons. The van der Waals surface area contributed by atoms with Crippen LogP contribution in [0.15, 0.2) is 35.6 Å². The molecule has 1 rings (SSSR count). The van der Waals surface area contributed by atoms with Crippen LogP contribution in [-0.2, 0) is 4.79 Å². The summed E-state index contributed by atoms with van der Waals surface area (Å²) in [5, 5.41) is 0. The Morgan fingerprint density at radius 2 is 1.70 bits per heavy atom. The molecule has 0 heterocycles. The lowest BCUT2D eigenvalue weighted by Crippen LogP contribution is -2.52. The molecule has 0 aliphatic heterocycles. The zero-order valence-corrected chi connectivity index (χ0v) is 13.9. The Balaban J connectivity index is 3.29. The van der Waals surface area contributed by atoms with E-state index in [1.165, 1.54) is 12.0 Å². The van der Waals surface area contributed by atoms with Gasteiger partial charge in [0.25, 0.3) is 0 Å². The first-order chi connectivity index (χ1) is 9.15. The molecule has 1 fully saturated rings. The van der Waals surface area contributed by atoms with Crippen molar-refractivity contribution < 1.29 is 4.79 Å². The van der Waals surface area contributed by atoms with Crippen molar-refractivity contribution in [3.05, 3.63) is 35.6 Å². The summed E-state index contributed by atoms with van der Waals surface area (Å²) in [6, 6.07) is 0. The molecule has 2 nitrogen and oxygen atoms in total. The predicted octanol–water partition coefficient (Wildman–Crippen LogP) is 4.84. The lowest BCUT2D eigenvalue weighted by Gasteiger charge is -2.46. The average molecular weight is 275 g/mol. The monoisotopic (exact) mass is 275 g/mol. The SMILES string of the molecule is C=C(C)/C(=C/C=C(C)C)N(C=O)C1(C)CCCC1(C)C. The molecule has 0 aromatic heterocycles. The van der Waals surface area contributed by atoms with E-state index in [-0.39, 0.29) is 11.0 Å². The van der Waals surface area contributed by atoms with E-state index in [2.05, 4.69) is 41.2 Å². The van der Waals surface area contributed by atoms with Crippen LogP contribution >= 0.6 is 0 Å². The number of rotatable bonds is 5. The molecule has 1 atom stereocenters. The number of hydrogen-bond donors (Lipinski definition) is 0. The normalized spacial score (nSPS) is 25.2. The van der Waals surface area contributed by atoms with Crippen molar-refractivity contribution in [2.75, 3.05) is 0 Å². The van der Waals surface area contributed by atoms with E-state index in [1.54, 1.807) is 0 Å². The van der Waals surface area contributed by atoms with Gasteiger partial charge in [0.1, 0.15) is 0 Å². The maximum absolute atomic E-state index is 11.8. The Bertz CT molecular complexity index is 452. The van der Waals surface area contributed by atoms with Crippen LogP contribution in [-0.4, -0.2) is 16.8 Å². The van der Waals surface area contributed by atoms with Crippen LogP contribution in [0.25, 0.3) is 0 Å². The van der Waals surface area contributed by atoms with Crippen molar-refractivity contribution in [3.8, 4) is 0 Å². The second-order valence-electron chi connectivity index (χ2n) is 7.06. The Morgan fingerprint density at radius 1 is 1.10 bits per heavy atom. The second kappa shape index (κ2) is 5.99. The Kier molecular flexibility index (Phi) is 5.01. The van der Waals surface area contributed by atoms with Gasteiger partial charge in [-0.15, -0.1) is 0 Å². The third kappa shape index (κ3) is 3.05. The molecule has 0 saturated heterocycles. The van der Waals surface area contributed by atoms with Crippen LogP contribution in [0.1, 0.15) is 60.8 Å². The lowest BCUT2D eigenvalue weighted by atomic mass is 9.74. The molecule has 0 aromatic carbocycles. The van der Waals surface area contributed by atoms with Crippen LogP contribution in [0.3, 0.4) is 0 Å². The number of carbonyl (C=O) groups excluding carboxylic acids is 1. The summed E-state index contributed by atoms with van der Waals surface area (Å²) in [5.74, 6) is 0. The highest BCUT2D eigenvalue weighted by atomic mass is 16.1. The van der Waals surface area contributed by atoms with E-state index in [4.69, 9.17) is 0 Å². The molecular formula is C18H29NO. The molecule has 1 aliphatic rings. The Labute approximate surface area is 124 Å². The van der Waals surface area contributed by atoms with E-state index >= 15 is 0 Å². The molecule has 1 saturated carbocycles. The summed E-state index contributed by atoms with van der Waals surface area (Å²) in [5.41, 5.74) is 3.05.